The van der Waals surface area contributed by atoms with Crippen LogP contribution in [0.15, 0.2) is 30.5 Å². The van der Waals surface area contributed by atoms with Crippen LogP contribution < -0.4 is 5.32 Å². The van der Waals surface area contributed by atoms with Crippen LogP contribution in [-0.4, -0.2) is 31.9 Å². The van der Waals surface area contributed by atoms with Gasteiger partial charge in [-0.1, -0.05) is 18.9 Å². The highest BCUT2D eigenvalue weighted by Gasteiger charge is 2.39. The Morgan fingerprint density at radius 2 is 1.72 bits per heavy atom. The number of aliphatic hydroxyl groups is 1. The number of anilines is 1. The largest absolute Gasteiger partial charge is 0.417 e. The van der Waals surface area contributed by atoms with Gasteiger partial charge in [0, 0.05) is 11.8 Å². The zero-order valence-corrected chi connectivity index (χ0v) is 16.9. The number of aryl methyl sites for hydroxylation is 1. The number of alkyl halides is 6. The van der Waals surface area contributed by atoms with Crippen molar-refractivity contribution < 1.29 is 31.4 Å². The molecule has 172 valence electrons. The Morgan fingerprint density at radius 3 is 2.38 bits per heavy atom. The summed E-state index contributed by atoms with van der Waals surface area (Å²) in [7, 11) is 0. The van der Waals surface area contributed by atoms with E-state index in [-0.39, 0.29) is 29.3 Å². The maximum atomic E-state index is 13.7. The molecule has 2 N–H and O–H groups in total. The van der Waals surface area contributed by atoms with E-state index in [0.29, 0.717) is 24.5 Å². The number of aromatic nitrogens is 3. The summed E-state index contributed by atoms with van der Waals surface area (Å²) in [5.74, 6) is 0.239. The monoisotopic (exact) mass is 458 g/mol. The Bertz CT molecular complexity index is 1140. The van der Waals surface area contributed by atoms with Crippen LogP contribution in [0.5, 0.6) is 0 Å². The molecule has 2 atom stereocenters. The normalized spacial score (nSPS) is 20.0. The van der Waals surface area contributed by atoms with Crippen LogP contribution >= 0.6 is 0 Å². The maximum Gasteiger partial charge on any atom is 0.417 e. The second-order valence-electron chi connectivity index (χ2n) is 8.00. The molecule has 1 aromatic carbocycles. The van der Waals surface area contributed by atoms with Gasteiger partial charge in [0.05, 0.1) is 28.8 Å². The van der Waals surface area contributed by atoms with Crippen molar-refractivity contribution >= 4 is 11.5 Å². The molecule has 1 aliphatic carbocycles. The third-order valence-electron chi connectivity index (χ3n) is 5.62. The number of aliphatic hydroxyl groups excluding tert-OH is 1. The van der Waals surface area contributed by atoms with Gasteiger partial charge in [-0.15, -0.1) is 10.2 Å². The van der Waals surface area contributed by atoms with Gasteiger partial charge in [-0.3, -0.25) is 4.40 Å². The molecular weight excluding hydrogens is 438 g/mol. The molecule has 5 nitrogen and oxygen atoms in total. The lowest BCUT2D eigenvalue weighted by molar-refractivity contribution is -0.142. The van der Waals surface area contributed by atoms with Crippen molar-refractivity contribution in [1.82, 2.24) is 14.6 Å². The summed E-state index contributed by atoms with van der Waals surface area (Å²) in [6.07, 6.45) is -5.77. The summed E-state index contributed by atoms with van der Waals surface area (Å²) >= 11 is 0. The van der Waals surface area contributed by atoms with Crippen LogP contribution in [-0.2, 0) is 12.4 Å². The van der Waals surface area contributed by atoms with Gasteiger partial charge < -0.3 is 10.4 Å². The molecule has 2 aromatic heterocycles. The Morgan fingerprint density at radius 1 is 1.00 bits per heavy atom. The fourth-order valence-corrected chi connectivity index (χ4v) is 4.05. The minimum atomic E-state index is -5.03. The van der Waals surface area contributed by atoms with E-state index in [9.17, 15) is 31.4 Å². The topological polar surface area (TPSA) is 62.5 Å². The molecule has 2 heterocycles. The molecule has 0 spiro atoms. The molecule has 0 unspecified atom stereocenters. The van der Waals surface area contributed by atoms with Crippen LogP contribution in [0.1, 0.15) is 42.4 Å². The molecule has 0 radical (unpaired) electrons. The second kappa shape index (κ2) is 7.95. The maximum absolute atomic E-state index is 13.7. The quantitative estimate of drug-likeness (QED) is 0.512. The van der Waals surface area contributed by atoms with E-state index >= 15 is 0 Å². The van der Waals surface area contributed by atoms with Crippen molar-refractivity contribution in [3.63, 3.8) is 0 Å². The van der Waals surface area contributed by atoms with Gasteiger partial charge in [-0.25, -0.2) is 0 Å². The summed E-state index contributed by atoms with van der Waals surface area (Å²) in [6.45, 7) is 1.73. The molecule has 0 bridgehead atoms. The highest BCUT2D eigenvalue weighted by atomic mass is 19.4. The first-order chi connectivity index (χ1) is 14.9. The highest BCUT2D eigenvalue weighted by Crippen LogP contribution is 2.41. The SMILES string of the molecule is Cc1cc2c(-c3ccc(C(F)(F)F)cc3C(F)(F)F)nnc(N[C@@H]3CCCC[C@H]3O)n2c1. The average Bonchev–Trinajstić information content (AvgIpc) is 3.10. The van der Waals surface area contributed by atoms with Gasteiger partial charge >= 0.3 is 12.4 Å². The number of halogens is 6. The zero-order chi connectivity index (χ0) is 23.3. The molecule has 0 saturated heterocycles. The summed E-state index contributed by atoms with van der Waals surface area (Å²) in [5.41, 5.74) is -2.55. The van der Waals surface area contributed by atoms with Crippen molar-refractivity contribution in [2.75, 3.05) is 5.32 Å². The van der Waals surface area contributed by atoms with E-state index in [4.69, 9.17) is 0 Å². The fraction of sp³-hybridized carbons (Fsp3) is 0.429. The van der Waals surface area contributed by atoms with Crippen molar-refractivity contribution in [2.45, 2.75) is 57.1 Å². The Kier molecular flexibility index (Phi) is 5.56. The molecule has 1 aliphatic rings. The second-order valence-corrected chi connectivity index (χ2v) is 8.00. The van der Waals surface area contributed by atoms with Crippen molar-refractivity contribution in [1.29, 1.82) is 0 Å². The van der Waals surface area contributed by atoms with Crippen LogP contribution in [0.4, 0.5) is 32.3 Å². The van der Waals surface area contributed by atoms with E-state index in [1.807, 2.05) is 0 Å². The predicted octanol–water partition coefficient (Wildman–Crippen LogP) is 5.46. The number of hydrogen-bond donors (Lipinski definition) is 2. The van der Waals surface area contributed by atoms with Crippen LogP contribution in [0, 0.1) is 6.92 Å². The summed E-state index contributed by atoms with van der Waals surface area (Å²) < 4.78 is 81.6. The molecular formula is C21H20F6N4O. The van der Waals surface area contributed by atoms with Crippen molar-refractivity contribution in [3.05, 3.63) is 47.2 Å². The highest BCUT2D eigenvalue weighted by molar-refractivity contribution is 5.81. The summed E-state index contributed by atoms with van der Waals surface area (Å²) in [5, 5.41) is 21.3. The Hall–Kier alpha value is -2.82. The van der Waals surface area contributed by atoms with Crippen molar-refractivity contribution in [3.8, 4) is 11.3 Å². The average molecular weight is 458 g/mol. The van der Waals surface area contributed by atoms with E-state index < -0.39 is 35.1 Å². The fourth-order valence-electron chi connectivity index (χ4n) is 4.05. The summed E-state index contributed by atoms with van der Waals surface area (Å²) in [4.78, 5) is 0. The van der Waals surface area contributed by atoms with Gasteiger partial charge in [0.2, 0.25) is 5.95 Å². The number of fused-ring (bicyclic) bond motifs is 1. The smallest absolute Gasteiger partial charge is 0.391 e. The predicted molar refractivity (Wildman–Crippen MR) is 105 cm³/mol. The third-order valence-corrected chi connectivity index (χ3v) is 5.62. The number of rotatable bonds is 3. The summed E-state index contributed by atoms with van der Waals surface area (Å²) in [6, 6.07) is 2.77. The van der Waals surface area contributed by atoms with Crippen LogP contribution in [0.2, 0.25) is 0 Å². The first-order valence-corrected chi connectivity index (χ1v) is 10.0. The van der Waals surface area contributed by atoms with Crippen LogP contribution in [0.25, 0.3) is 16.8 Å². The first kappa shape index (κ1) is 22.4. The van der Waals surface area contributed by atoms with Gasteiger partial charge in [0.25, 0.3) is 0 Å². The van der Waals surface area contributed by atoms with Gasteiger partial charge in [0.15, 0.2) is 0 Å². The molecule has 11 heteroatoms. The van der Waals surface area contributed by atoms with E-state index in [0.717, 1.165) is 18.9 Å². The Balaban J connectivity index is 1.84. The minimum absolute atomic E-state index is 0.0911. The number of nitrogens with one attached hydrogen (secondary N) is 1. The number of nitrogens with zero attached hydrogens (tertiary/aromatic N) is 3. The third kappa shape index (κ3) is 4.25. The molecule has 0 amide bonds. The standard InChI is InChI=1S/C21H20F6N4O/c1-11-8-16-18(13-7-6-12(20(22,23)24)9-14(13)21(25,26)27)29-30-19(31(16)10-11)28-15-4-2-3-5-17(15)32/h6-10,15,17,32H,2-5H2,1H3,(H,28,30)/t15-,17-/m1/s1. The number of hydrogen-bond acceptors (Lipinski definition) is 4. The molecule has 1 saturated carbocycles. The minimum Gasteiger partial charge on any atom is -0.391 e. The van der Waals surface area contributed by atoms with Gasteiger partial charge in [-0.05, 0) is 43.5 Å². The molecule has 1 fully saturated rings. The van der Waals surface area contributed by atoms with Crippen LogP contribution in [0.3, 0.4) is 0 Å². The van der Waals surface area contributed by atoms with E-state index in [1.165, 1.54) is 4.40 Å². The lowest BCUT2D eigenvalue weighted by Gasteiger charge is -2.28. The van der Waals surface area contributed by atoms with Gasteiger partial charge in [-0.2, -0.15) is 26.3 Å². The van der Waals surface area contributed by atoms with E-state index in [2.05, 4.69) is 15.5 Å². The zero-order valence-electron chi connectivity index (χ0n) is 16.9. The Labute approximate surface area is 179 Å². The lowest BCUT2D eigenvalue weighted by Crippen LogP contribution is -2.37. The lowest BCUT2D eigenvalue weighted by atomic mass is 9.93. The molecule has 32 heavy (non-hydrogen) atoms. The van der Waals surface area contributed by atoms with Gasteiger partial charge in [0.1, 0.15) is 5.69 Å². The molecule has 0 aliphatic heterocycles. The first-order valence-electron chi connectivity index (χ1n) is 10.0. The molecule has 4 rings (SSSR count). The number of benzene rings is 1. The van der Waals surface area contributed by atoms with Crippen molar-refractivity contribution in [2.24, 2.45) is 0 Å². The molecule has 3 aromatic rings. The van der Waals surface area contributed by atoms with E-state index in [1.54, 1.807) is 19.2 Å².